The maximum atomic E-state index is 8.56. The summed E-state index contributed by atoms with van der Waals surface area (Å²) in [5.41, 5.74) is 1.19. The van der Waals surface area contributed by atoms with Gasteiger partial charge in [0.1, 0.15) is 0 Å². The molecule has 3 heteroatoms. The summed E-state index contributed by atoms with van der Waals surface area (Å²) < 4.78 is 0. The number of nitroso groups, excluding NO2 is 1. The van der Waals surface area contributed by atoms with Crippen molar-refractivity contribution >= 4 is 0 Å². The van der Waals surface area contributed by atoms with E-state index in [1.165, 1.54) is 12.6 Å². The third-order valence-electron chi connectivity index (χ3n) is 0.784. The zero-order valence-electron chi connectivity index (χ0n) is 7.66. The Bertz CT molecular complexity index is 139. The minimum atomic E-state index is 1.19. The first-order chi connectivity index (χ1) is 5.08. The van der Waals surface area contributed by atoms with Crippen LogP contribution in [0.3, 0.4) is 0 Å². The van der Waals surface area contributed by atoms with E-state index in [1.807, 2.05) is 38.2 Å². The van der Waals surface area contributed by atoms with Crippen molar-refractivity contribution in [3.63, 3.8) is 0 Å². The zero-order chi connectivity index (χ0) is 9.28. The van der Waals surface area contributed by atoms with Gasteiger partial charge < -0.3 is 4.90 Å². The van der Waals surface area contributed by atoms with Crippen molar-refractivity contribution in [1.29, 1.82) is 0 Å². The molecule has 11 heavy (non-hydrogen) atoms. The number of hydrogen-bond acceptors (Lipinski definition) is 3. The van der Waals surface area contributed by atoms with Crippen LogP contribution in [0.2, 0.25) is 0 Å². The van der Waals surface area contributed by atoms with E-state index >= 15 is 0 Å². The molecule has 0 amide bonds. The third kappa shape index (κ3) is 17.7. The van der Waals surface area contributed by atoms with Crippen LogP contribution < -0.4 is 0 Å². The summed E-state index contributed by atoms with van der Waals surface area (Å²) in [5.74, 6) is 0. The largest absolute Gasteiger partial charge is 0.383 e. The van der Waals surface area contributed by atoms with E-state index in [2.05, 4.69) is 11.8 Å². The fraction of sp³-hybridized carbons (Fsp3) is 0.500. The average molecular weight is 156 g/mol. The van der Waals surface area contributed by atoms with E-state index in [4.69, 9.17) is 4.91 Å². The van der Waals surface area contributed by atoms with E-state index in [1.54, 1.807) is 0 Å². The Morgan fingerprint density at radius 2 is 1.91 bits per heavy atom. The summed E-state index contributed by atoms with van der Waals surface area (Å²) in [6.07, 6.45) is 3.85. The molecule has 0 saturated heterocycles. The monoisotopic (exact) mass is 156 g/mol. The van der Waals surface area contributed by atoms with Crippen LogP contribution in [0, 0.1) is 4.91 Å². The molecule has 0 atom stereocenters. The second-order valence-corrected chi connectivity index (χ2v) is 2.22. The van der Waals surface area contributed by atoms with Gasteiger partial charge in [0.05, 0.1) is 7.05 Å². The van der Waals surface area contributed by atoms with Crippen molar-refractivity contribution in [3.05, 3.63) is 29.3 Å². The van der Waals surface area contributed by atoms with Gasteiger partial charge in [-0.15, -0.1) is 0 Å². The second-order valence-electron chi connectivity index (χ2n) is 2.22. The summed E-state index contributed by atoms with van der Waals surface area (Å²) in [4.78, 5) is 10.6. The molecule has 0 bridgehead atoms. The van der Waals surface area contributed by atoms with Crippen molar-refractivity contribution < 1.29 is 0 Å². The van der Waals surface area contributed by atoms with Crippen LogP contribution in [-0.2, 0) is 0 Å². The molecule has 0 spiro atoms. The maximum Gasteiger partial charge on any atom is 0.0700 e. The van der Waals surface area contributed by atoms with Gasteiger partial charge in [0.2, 0.25) is 0 Å². The van der Waals surface area contributed by atoms with E-state index < -0.39 is 0 Å². The van der Waals surface area contributed by atoms with E-state index in [0.29, 0.717) is 0 Å². The van der Waals surface area contributed by atoms with Gasteiger partial charge in [0.25, 0.3) is 0 Å². The highest BCUT2D eigenvalue weighted by Gasteiger charge is 1.78. The third-order valence-corrected chi connectivity index (χ3v) is 0.784. The quantitative estimate of drug-likeness (QED) is 0.452. The summed E-state index contributed by atoms with van der Waals surface area (Å²) in [5, 5.41) is 2.25. The molecule has 0 fully saturated rings. The minimum Gasteiger partial charge on any atom is -0.383 e. The summed E-state index contributed by atoms with van der Waals surface area (Å²) in [6, 6.07) is 0. The van der Waals surface area contributed by atoms with Gasteiger partial charge in [-0.05, 0) is 12.5 Å². The predicted molar refractivity (Wildman–Crippen MR) is 49.4 cm³/mol. The molecule has 0 rings (SSSR count). The fourth-order valence-corrected chi connectivity index (χ4v) is 0.460. The van der Waals surface area contributed by atoms with Gasteiger partial charge in [0.15, 0.2) is 0 Å². The van der Waals surface area contributed by atoms with Crippen LogP contribution in [0.25, 0.3) is 0 Å². The second kappa shape index (κ2) is 8.88. The van der Waals surface area contributed by atoms with Crippen LogP contribution >= 0.6 is 0 Å². The Labute approximate surface area is 68.4 Å². The first-order valence-electron chi connectivity index (χ1n) is 3.27. The Morgan fingerprint density at radius 3 is 2.00 bits per heavy atom. The lowest BCUT2D eigenvalue weighted by Crippen LogP contribution is -2.00. The standard InChI is InChI=1S/C7H13N.CH3NO/c1-5-7(2)6-8(3)4;1-2-3/h5-6H,1H2,2-4H3;1H3/b7-6-;. The molecule has 0 unspecified atom stereocenters. The van der Waals surface area contributed by atoms with Crippen molar-refractivity contribution in [2.24, 2.45) is 5.18 Å². The molecule has 0 aromatic heterocycles. The van der Waals surface area contributed by atoms with Crippen LogP contribution in [0.4, 0.5) is 0 Å². The normalized spacial score (nSPS) is 9.27. The Kier molecular flexibility index (Phi) is 10.1. The highest BCUT2D eigenvalue weighted by molar-refractivity contribution is 5.11. The molecule has 0 heterocycles. The van der Waals surface area contributed by atoms with E-state index in [-0.39, 0.29) is 0 Å². The van der Waals surface area contributed by atoms with E-state index in [0.717, 1.165) is 0 Å². The molecule has 0 aliphatic heterocycles. The van der Waals surface area contributed by atoms with Gasteiger partial charge in [-0.2, -0.15) is 4.91 Å². The Hall–Kier alpha value is -1.12. The molecule has 0 aromatic rings. The van der Waals surface area contributed by atoms with Gasteiger partial charge in [-0.25, -0.2) is 0 Å². The summed E-state index contributed by atoms with van der Waals surface area (Å²) in [7, 11) is 5.18. The molecule has 0 radical (unpaired) electrons. The molecule has 3 nitrogen and oxygen atoms in total. The minimum absolute atomic E-state index is 1.19. The van der Waals surface area contributed by atoms with Crippen molar-refractivity contribution in [3.8, 4) is 0 Å². The molecular formula is C8H16N2O. The van der Waals surface area contributed by atoms with Crippen LogP contribution in [0.1, 0.15) is 6.92 Å². The smallest absolute Gasteiger partial charge is 0.0700 e. The molecule has 0 saturated carbocycles. The van der Waals surface area contributed by atoms with Crippen molar-refractivity contribution in [2.75, 3.05) is 21.1 Å². The molecule has 0 aliphatic rings. The number of nitrogens with zero attached hydrogens (tertiary/aromatic N) is 2. The lowest BCUT2D eigenvalue weighted by atomic mass is 10.3. The summed E-state index contributed by atoms with van der Waals surface area (Å²) in [6.45, 7) is 5.64. The van der Waals surface area contributed by atoms with Gasteiger partial charge in [0, 0.05) is 20.3 Å². The lowest BCUT2D eigenvalue weighted by Gasteiger charge is -2.03. The first kappa shape index (κ1) is 12.5. The highest BCUT2D eigenvalue weighted by atomic mass is 16.2. The molecule has 0 aliphatic carbocycles. The zero-order valence-corrected chi connectivity index (χ0v) is 7.66. The predicted octanol–water partition coefficient (Wildman–Crippen LogP) is 2.02. The van der Waals surface area contributed by atoms with Crippen molar-refractivity contribution in [2.45, 2.75) is 6.92 Å². The van der Waals surface area contributed by atoms with Crippen LogP contribution in [-0.4, -0.2) is 26.0 Å². The van der Waals surface area contributed by atoms with E-state index in [9.17, 15) is 0 Å². The van der Waals surface area contributed by atoms with Gasteiger partial charge in [-0.3, -0.25) is 0 Å². The lowest BCUT2D eigenvalue weighted by molar-refractivity contribution is 0.560. The molecular weight excluding hydrogens is 140 g/mol. The van der Waals surface area contributed by atoms with Gasteiger partial charge in [-0.1, -0.05) is 17.8 Å². The molecule has 64 valence electrons. The Morgan fingerprint density at radius 1 is 1.55 bits per heavy atom. The first-order valence-corrected chi connectivity index (χ1v) is 3.27. The van der Waals surface area contributed by atoms with Gasteiger partial charge >= 0.3 is 0 Å². The number of hydrogen-bond donors (Lipinski definition) is 0. The number of allylic oxidation sites excluding steroid dienone is 2. The summed E-state index contributed by atoms with van der Waals surface area (Å²) >= 11 is 0. The number of rotatable bonds is 2. The maximum absolute atomic E-state index is 8.56. The Balaban J connectivity index is 0. The fourth-order valence-electron chi connectivity index (χ4n) is 0.460. The topological polar surface area (TPSA) is 32.7 Å². The van der Waals surface area contributed by atoms with Crippen LogP contribution in [0.5, 0.6) is 0 Å². The van der Waals surface area contributed by atoms with Crippen molar-refractivity contribution in [1.82, 2.24) is 4.90 Å². The average Bonchev–Trinajstić information content (AvgIpc) is 1.88. The molecule has 0 aromatic carbocycles. The van der Waals surface area contributed by atoms with Crippen LogP contribution in [0.15, 0.2) is 29.6 Å². The molecule has 0 N–H and O–H groups in total. The SMILES string of the molecule is C=C/C(C)=C\N(C)C.CN=O. The highest BCUT2D eigenvalue weighted by Crippen LogP contribution is 1.92.